The Morgan fingerprint density at radius 2 is 0.731 bits per heavy atom. The molecule has 16 rings (SSSR count). The Hall–Kier alpha value is -7.02. The molecule has 0 heteroatoms. The van der Waals surface area contributed by atoms with E-state index < -0.39 is 0 Å². The maximum absolute atomic E-state index is 2.68. The van der Waals surface area contributed by atoms with Crippen LogP contribution in [0.3, 0.4) is 0 Å². The van der Waals surface area contributed by atoms with Crippen LogP contribution in [-0.4, -0.2) is 0 Å². The second-order valence-corrected chi connectivity index (χ2v) is 21.6. The Labute approximate surface area is 394 Å². The first-order chi connectivity index (χ1) is 32.9. The topological polar surface area (TPSA) is 0 Å². The summed E-state index contributed by atoms with van der Waals surface area (Å²) >= 11 is 0. The molecule has 0 amide bonds. The maximum Gasteiger partial charge on any atom is 0.0272 e. The van der Waals surface area contributed by atoms with Crippen molar-refractivity contribution in [3.8, 4) is 66.8 Å². The van der Waals surface area contributed by atoms with Crippen molar-refractivity contribution in [1.82, 2.24) is 0 Å². The Balaban J connectivity index is 0.846. The van der Waals surface area contributed by atoms with Crippen molar-refractivity contribution in [3.05, 3.63) is 216 Å². The van der Waals surface area contributed by atoms with E-state index in [9.17, 15) is 0 Å². The first-order valence-electron chi connectivity index (χ1n) is 25.0. The first-order valence-corrected chi connectivity index (χ1v) is 25.0. The fourth-order valence-electron chi connectivity index (χ4n) is 15.4. The van der Waals surface area contributed by atoms with Gasteiger partial charge in [-0.2, -0.15) is 0 Å². The van der Waals surface area contributed by atoms with Crippen LogP contribution in [-0.2, 0) is 10.8 Å². The van der Waals surface area contributed by atoms with Gasteiger partial charge in [0, 0.05) is 10.8 Å². The lowest BCUT2D eigenvalue weighted by Gasteiger charge is -2.61. The van der Waals surface area contributed by atoms with Crippen molar-refractivity contribution in [3.63, 3.8) is 0 Å². The Kier molecular flexibility index (Phi) is 7.84. The summed E-state index contributed by atoms with van der Waals surface area (Å²) in [4.78, 5) is 0. The smallest absolute Gasteiger partial charge is 0.0272 e. The van der Waals surface area contributed by atoms with Gasteiger partial charge in [-0.15, -0.1) is 0 Å². The molecular formula is C67H52. The van der Waals surface area contributed by atoms with Gasteiger partial charge in [-0.1, -0.05) is 172 Å². The van der Waals surface area contributed by atoms with Gasteiger partial charge in [-0.05, 0) is 214 Å². The van der Waals surface area contributed by atoms with E-state index in [0.717, 1.165) is 23.7 Å². The van der Waals surface area contributed by atoms with E-state index >= 15 is 0 Å². The minimum atomic E-state index is -0.171. The zero-order valence-electron chi connectivity index (χ0n) is 38.3. The number of rotatable bonds is 4. The molecule has 0 nitrogen and oxygen atoms in total. The van der Waals surface area contributed by atoms with E-state index in [1.54, 1.807) is 11.1 Å². The van der Waals surface area contributed by atoms with Crippen molar-refractivity contribution in [2.24, 2.45) is 23.7 Å². The van der Waals surface area contributed by atoms with Crippen LogP contribution in [0.5, 0.6) is 0 Å². The van der Waals surface area contributed by atoms with E-state index in [1.807, 2.05) is 0 Å². The summed E-state index contributed by atoms with van der Waals surface area (Å²) in [6, 6.07) is 74.7. The molecule has 4 bridgehead atoms. The molecule has 0 aliphatic heterocycles. The van der Waals surface area contributed by atoms with E-state index in [4.69, 9.17) is 0 Å². The molecule has 320 valence electrons. The van der Waals surface area contributed by atoms with Crippen molar-refractivity contribution < 1.29 is 0 Å². The van der Waals surface area contributed by atoms with E-state index in [-0.39, 0.29) is 10.8 Å². The molecule has 0 N–H and O–H groups in total. The first kappa shape index (κ1) is 38.1. The fraction of sp³-hybridized carbons (Fsp3) is 0.194. The number of hydrogen-bond donors (Lipinski definition) is 0. The molecule has 10 aromatic rings. The zero-order valence-corrected chi connectivity index (χ0v) is 38.3. The second kappa shape index (κ2) is 13.8. The number of benzene rings is 10. The average Bonchev–Trinajstić information content (AvgIpc) is 3.77. The van der Waals surface area contributed by atoms with Crippen molar-refractivity contribution in [2.45, 2.75) is 56.8 Å². The highest BCUT2D eigenvalue weighted by Crippen LogP contribution is 2.70. The molecule has 4 saturated carbocycles. The van der Waals surface area contributed by atoms with Crippen LogP contribution >= 0.6 is 0 Å². The predicted octanol–water partition coefficient (Wildman–Crippen LogP) is 17.8. The van der Waals surface area contributed by atoms with Crippen LogP contribution in [0.15, 0.2) is 194 Å². The van der Waals surface area contributed by atoms with Crippen LogP contribution in [0.2, 0.25) is 0 Å². The molecule has 0 atom stereocenters. The van der Waals surface area contributed by atoms with Gasteiger partial charge in [0.25, 0.3) is 0 Å². The van der Waals surface area contributed by atoms with Gasteiger partial charge < -0.3 is 0 Å². The molecule has 1 spiro atoms. The molecule has 6 aliphatic carbocycles. The van der Waals surface area contributed by atoms with Gasteiger partial charge in [0.1, 0.15) is 0 Å². The SMILES string of the molecule is CC1(C)c2cc(-c3ccc4c(c3)C3(c5cc6ccccc6cc5-4)C4CC5CC(C4)CC3C5)ccc2-c2ccc(-c3c4ccccc4c(-c4cccc(-c5ccccc5)c4)c4ccccc34)cc21. The van der Waals surface area contributed by atoms with Gasteiger partial charge in [0.15, 0.2) is 0 Å². The lowest BCUT2D eigenvalue weighted by atomic mass is 9.43. The monoisotopic (exact) mass is 856 g/mol. The quantitative estimate of drug-likeness (QED) is 0.155. The summed E-state index contributed by atoms with van der Waals surface area (Å²) in [6.45, 7) is 4.91. The van der Waals surface area contributed by atoms with Gasteiger partial charge in [0.2, 0.25) is 0 Å². The Bertz CT molecular complexity index is 3650. The molecule has 67 heavy (non-hydrogen) atoms. The maximum atomic E-state index is 2.68. The third-order valence-corrected chi connectivity index (χ3v) is 18.0. The molecule has 4 fully saturated rings. The molecule has 0 unspecified atom stereocenters. The standard InChI is InChI=1S/C67H52/c1-66(2)60-36-46(47-24-27-54-59-35-44-15-6-7-16-45(44)37-63(59)67(62(54)38-47)50-30-40-29-41(32-50)33-51(67)31-40)23-26-52(60)53-28-25-49(39-61(53)66)65-57-21-10-8-19-55(57)64(56-20-9-11-22-58(56)65)48-18-12-17-43(34-48)42-13-4-3-5-14-42/h3-28,34-41,50-51H,29-33H2,1-2H3. The predicted molar refractivity (Wildman–Crippen MR) is 282 cm³/mol. The van der Waals surface area contributed by atoms with Crippen LogP contribution in [0.25, 0.3) is 99.1 Å². The molecule has 0 radical (unpaired) electrons. The minimum absolute atomic E-state index is 0.125. The van der Waals surface area contributed by atoms with Gasteiger partial charge >= 0.3 is 0 Å². The molecule has 0 saturated heterocycles. The fourth-order valence-corrected chi connectivity index (χ4v) is 15.4. The lowest BCUT2D eigenvalue weighted by Crippen LogP contribution is -2.55. The molecule has 0 heterocycles. The highest BCUT2D eigenvalue weighted by Gasteiger charge is 2.61. The summed E-state index contributed by atoms with van der Waals surface area (Å²) < 4.78 is 0. The molecule has 6 aliphatic rings. The van der Waals surface area contributed by atoms with Gasteiger partial charge in [-0.3, -0.25) is 0 Å². The normalized spacial score (nSPS) is 22.4. The van der Waals surface area contributed by atoms with Crippen molar-refractivity contribution in [1.29, 1.82) is 0 Å². The third kappa shape index (κ3) is 5.25. The molecular weight excluding hydrogens is 805 g/mol. The van der Waals surface area contributed by atoms with Gasteiger partial charge in [0.05, 0.1) is 0 Å². The second-order valence-electron chi connectivity index (χ2n) is 21.6. The van der Waals surface area contributed by atoms with Crippen molar-refractivity contribution >= 4 is 32.3 Å². The molecule has 10 aromatic carbocycles. The summed E-state index contributed by atoms with van der Waals surface area (Å²) in [5.41, 5.74) is 22.1. The van der Waals surface area contributed by atoms with E-state index in [1.165, 1.54) is 142 Å². The van der Waals surface area contributed by atoms with E-state index in [0.29, 0.717) is 0 Å². The lowest BCUT2D eigenvalue weighted by molar-refractivity contribution is -0.0398. The summed E-state index contributed by atoms with van der Waals surface area (Å²) in [6.07, 6.45) is 7.06. The van der Waals surface area contributed by atoms with Crippen LogP contribution in [0, 0.1) is 23.7 Å². The zero-order chi connectivity index (χ0) is 44.2. The Morgan fingerprint density at radius 3 is 1.33 bits per heavy atom. The van der Waals surface area contributed by atoms with Crippen LogP contribution in [0.1, 0.15) is 68.2 Å². The summed E-state index contributed by atoms with van der Waals surface area (Å²) in [5, 5.41) is 7.92. The summed E-state index contributed by atoms with van der Waals surface area (Å²) in [7, 11) is 0. The Morgan fingerprint density at radius 1 is 0.313 bits per heavy atom. The minimum Gasteiger partial charge on any atom is -0.0622 e. The highest BCUT2D eigenvalue weighted by molar-refractivity contribution is 6.21. The number of fused-ring (bicyclic) bond motifs is 9. The van der Waals surface area contributed by atoms with Crippen LogP contribution in [0.4, 0.5) is 0 Å². The molecule has 0 aromatic heterocycles. The number of hydrogen-bond acceptors (Lipinski definition) is 0. The average molecular weight is 857 g/mol. The van der Waals surface area contributed by atoms with Crippen molar-refractivity contribution in [2.75, 3.05) is 0 Å². The van der Waals surface area contributed by atoms with Crippen LogP contribution < -0.4 is 0 Å². The largest absolute Gasteiger partial charge is 0.0622 e. The third-order valence-electron chi connectivity index (χ3n) is 18.0. The van der Waals surface area contributed by atoms with Gasteiger partial charge in [-0.25, -0.2) is 0 Å². The highest BCUT2D eigenvalue weighted by atomic mass is 14.6. The summed E-state index contributed by atoms with van der Waals surface area (Å²) in [5.74, 6) is 3.31. The van der Waals surface area contributed by atoms with E-state index in [2.05, 4.69) is 208 Å².